The first-order chi connectivity index (χ1) is 11.2. The highest BCUT2D eigenvalue weighted by molar-refractivity contribution is 5.90. The summed E-state index contributed by atoms with van der Waals surface area (Å²) in [6.07, 6.45) is 2.07. The molecule has 2 aromatic carbocycles. The third-order valence-electron chi connectivity index (χ3n) is 3.32. The molecule has 3 aromatic rings. The largest absolute Gasteiger partial charge is 0.441 e. The van der Waals surface area contributed by atoms with E-state index in [9.17, 15) is 9.18 Å². The first kappa shape index (κ1) is 15.0. The lowest BCUT2D eigenvalue weighted by Gasteiger charge is -2.03. The minimum atomic E-state index is -0.364. The molecule has 0 fully saturated rings. The van der Waals surface area contributed by atoms with Gasteiger partial charge in [-0.25, -0.2) is 9.37 Å². The minimum absolute atomic E-state index is 0.123. The van der Waals surface area contributed by atoms with Gasteiger partial charge in [-0.3, -0.25) is 4.79 Å². The van der Waals surface area contributed by atoms with Crippen molar-refractivity contribution in [3.63, 3.8) is 0 Å². The Labute approximate surface area is 133 Å². The second kappa shape index (κ2) is 6.87. The van der Waals surface area contributed by atoms with Crippen LogP contribution in [0.25, 0.3) is 11.3 Å². The summed E-state index contributed by atoms with van der Waals surface area (Å²) in [5.41, 5.74) is 1.11. The molecule has 0 spiro atoms. The summed E-state index contributed by atoms with van der Waals surface area (Å²) in [7, 11) is 0. The molecular weight excluding hydrogens is 295 g/mol. The fraction of sp³-hybridized carbons (Fsp3) is 0.111. The van der Waals surface area contributed by atoms with Gasteiger partial charge in [0.1, 0.15) is 5.82 Å². The molecule has 116 valence electrons. The average molecular weight is 310 g/mol. The predicted molar refractivity (Wildman–Crippen MR) is 85.3 cm³/mol. The van der Waals surface area contributed by atoms with Crippen LogP contribution in [-0.2, 0) is 11.2 Å². The number of nitrogens with one attached hydrogen (secondary N) is 1. The number of benzene rings is 2. The number of carbonyl (C=O) groups excluding carboxylic acids is 1. The van der Waals surface area contributed by atoms with Crippen LogP contribution < -0.4 is 5.32 Å². The Kier molecular flexibility index (Phi) is 4.47. The molecular formula is C18H15FN2O2. The quantitative estimate of drug-likeness (QED) is 0.773. The van der Waals surface area contributed by atoms with E-state index in [0.717, 1.165) is 5.69 Å². The Morgan fingerprint density at radius 2 is 1.83 bits per heavy atom. The third kappa shape index (κ3) is 3.83. The predicted octanol–water partition coefficient (Wildman–Crippen LogP) is 4.05. The van der Waals surface area contributed by atoms with Gasteiger partial charge in [0.2, 0.25) is 5.91 Å². The highest BCUT2D eigenvalue weighted by atomic mass is 19.1. The van der Waals surface area contributed by atoms with E-state index in [1.165, 1.54) is 12.3 Å². The molecule has 4 nitrogen and oxygen atoms in total. The number of anilines is 1. The molecule has 0 aliphatic heterocycles. The molecule has 0 unspecified atom stereocenters. The molecule has 23 heavy (non-hydrogen) atoms. The van der Waals surface area contributed by atoms with E-state index >= 15 is 0 Å². The van der Waals surface area contributed by atoms with Crippen LogP contribution in [0.4, 0.5) is 10.1 Å². The number of hydrogen-bond acceptors (Lipinski definition) is 3. The van der Waals surface area contributed by atoms with Crippen LogP contribution in [0.1, 0.15) is 12.3 Å². The van der Waals surface area contributed by atoms with Crippen molar-refractivity contribution in [2.75, 3.05) is 5.32 Å². The number of rotatable bonds is 5. The van der Waals surface area contributed by atoms with Crippen molar-refractivity contribution in [3.05, 3.63) is 72.5 Å². The number of amides is 1. The van der Waals surface area contributed by atoms with E-state index < -0.39 is 0 Å². The van der Waals surface area contributed by atoms with Gasteiger partial charge in [-0.05, 0) is 24.3 Å². The maximum Gasteiger partial charge on any atom is 0.224 e. The van der Waals surface area contributed by atoms with Crippen molar-refractivity contribution in [3.8, 4) is 11.3 Å². The molecule has 0 radical (unpaired) electrons. The SMILES string of the molecule is O=C(CCc1ncc(-c2ccccc2F)o1)Nc1ccccc1. The number of para-hydroxylation sites is 1. The number of aromatic nitrogens is 1. The molecule has 0 bridgehead atoms. The molecule has 1 heterocycles. The highest BCUT2D eigenvalue weighted by Crippen LogP contribution is 2.23. The fourth-order valence-electron chi connectivity index (χ4n) is 2.18. The van der Waals surface area contributed by atoms with Gasteiger partial charge in [0, 0.05) is 18.5 Å². The molecule has 0 aliphatic carbocycles. The molecule has 0 atom stereocenters. The van der Waals surface area contributed by atoms with Crippen molar-refractivity contribution < 1.29 is 13.6 Å². The molecule has 5 heteroatoms. The van der Waals surface area contributed by atoms with E-state index in [2.05, 4.69) is 10.3 Å². The van der Waals surface area contributed by atoms with Crippen molar-refractivity contribution in [2.24, 2.45) is 0 Å². The van der Waals surface area contributed by atoms with Crippen LogP contribution in [0.15, 0.2) is 65.2 Å². The number of hydrogen-bond donors (Lipinski definition) is 1. The summed E-state index contributed by atoms with van der Waals surface area (Å²) >= 11 is 0. The Morgan fingerprint density at radius 3 is 2.61 bits per heavy atom. The van der Waals surface area contributed by atoms with E-state index in [4.69, 9.17) is 4.42 Å². The van der Waals surface area contributed by atoms with Crippen molar-refractivity contribution in [2.45, 2.75) is 12.8 Å². The van der Waals surface area contributed by atoms with Gasteiger partial charge in [-0.1, -0.05) is 30.3 Å². The normalized spacial score (nSPS) is 10.5. The number of oxazole rings is 1. The number of halogens is 1. The van der Waals surface area contributed by atoms with Gasteiger partial charge in [0.25, 0.3) is 0 Å². The van der Waals surface area contributed by atoms with E-state index in [-0.39, 0.29) is 18.1 Å². The fourth-order valence-corrected chi connectivity index (χ4v) is 2.18. The van der Waals surface area contributed by atoms with Gasteiger partial charge < -0.3 is 9.73 Å². The molecule has 1 N–H and O–H groups in total. The van der Waals surface area contributed by atoms with E-state index in [0.29, 0.717) is 23.6 Å². The minimum Gasteiger partial charge on any atom is -0.441 e. The third-order valence-corrected chi connectivity index (χ3v) is 3.32. The summed E-state index contributed by atoms with van der Waals surface area (Å²) in [6.45, 7) is 0. The van der Waals surface area contributed by atoms with Gasteiger partial charge >= 0.3 is 0 Å². The Bertz CT molecular complexity index is 800. The van der Waals surface area contributed by atoms with Crippen LogP contribution in [0, 0.1) is 5.82 Å². The lowest BCUT2D eigenvalue weighted by molar-refractivity contribution is -0.116. The van der Waals surface area contributed by atoms with Crippen LogP contribution in [0.2, 0.25) is 0 Å². The first-order valence-electron chi connectivity index (χ1n) is 7.27. The van der Waals surface area contributed by atoms with Crippen LogP contribution in [0.5, 0.6) is 0 Å². The maximum absolute atomic E-state index is 13.7. The summed E-state index contributed by atoms with van der Waals surface area (Å²) in [5, 5.41) is 2.79. The Morgan fingerprint density at radius 1 is 1.09 bits per heavy atom. The van der Waals surface area contributed by atoms with Gasteiger partial charge in [0.05, 0.1) is 11.8 Å². The molecule has 3 rings (SSSR count). The van der Waals surface area contributed by atoms with Crippen LogP contribution >= 0.6 is 0 Å². The maximum atomic E-state index is 13.7. The number of carbonyl (C=O) groups is 1. The zero-order valence-electron chi connectivity index (χ0n) is 12.3. The smallest absolute Gasteiger partial charge is 0.224 e. The highest BCUT2D eigenvalue weighted by Gasteiger charge is 2.11. The van der Waals surface area contributed by atoms with Crippen LogP contribution in [-0.4, -0.2) is 10.9 Å². The summed E-state index contributed by atoms with van der Waals surface area (Å²) in [6, 6.07) is 15.6. The lowest BCUT2D eigenvalue weighted by atomic mass is 10.2. The average Bonchev–Trinajstić information content (AvgIpc) is 3.03. The molecule has 1 aromatic heterocycles. The monoisotopic (exact) mass is 310 g/mol. The van der Waals surface area contributed by atoms with Gasteiger partial charge in [-0.2, -0.15) is 0 Å². The van der Waals surface area contributed by atoms with Crippen molar-refractivity contribution in [1.82, 2.24) is 4.98 Å². The topological polar surface area (TPSA) is 55.1 Å². The van der Waals surface area contributed by atoms with Crippen LogP contribution in [0.3, 0.4) is 0 Å². The molecule has 0 saturated heterocycles. The standard InChI is InChI=1S/C18H15FN2O2/c19-15-9-5-4-8-14(15)16-12-20-18(23-16)11-10-17(22)21-13-6-2-1-3-7-13/h1-9,12H,10-11H2,(H,21,22). The second-order valence-corrected chi connectivity index (χ2v) is 5.01. The second-order valence-electron chi connectivity index (χ2n) is 5.01. The molecule has 1 amide bonds. The van der Waals surface area contributed by atoms with Crippen molar-refractivity contribution >= 4 is 11.6 Å². The zero-order chi connectivity index (χ0) is 16.1. The molecule has 0 saturated carbocycles. The molecule has 0 aliphatic rings. The number of aryl methyl sites for hydroxylation is 1. The van der Waals surface area contributed by atoms with E-state index in [1.54, 1.807) is 18.2 Å². The van der Waals surface area contributed by atoms with E-state index in [1.807, 2.05) is 30.3 Å². The summed E-state index contributed by atoms with van der Waals surface area (Å²) < 4.78 is 19.2. The Balaban J connectivity index is 1.59. The van der Waals surface area contributed by atoms with Gasteiger partial charge in [-0.15, -0.1) is 0 Å². The zero-order valence-corrected chi connectivity index (χ0v) is 12.3. The van der Waals surface area contributed by atoms with Gasteiger partial charge in [0.15, 0.2) is 11.7 Å². The lowest BCUT2D eigenvalue weighted by Crippen LogP contribution is -2.12. The Hall–Kier alpha value is -2.95. The number of nitrogens with zero attached hydrogens (tertiary/aromatic N) is 1. The first-order valence-corrected chi connectivity index (χ1v) is 7.27. The summed E-state index contributed by atoms with van der Waals surface area (Å²) in [5.74, 6) is 0.284. The van der Waals surface area contributed by atoms with Crippen molar-refractivity contribution in [1.29, 1.82) is 0 Å². The summed E-state index contributed by atoms with van der Waals surface area (Å²) in [4.78, 5) is 16.0.